The molecule has 0 spiro atoms. The molecule has 0 saturated carbocycles. The molecule has 0 aliphatic rings. The molecule has 0 radical (unpaired) electrons. The number of carbonyl (C=O) groups excluding carboxylic acids is 2. The van der Waals surface area contributed by atoms with Crippen molar-refractivity contribution >= 4 is 11.8 Å². The first-order chi connectivity index (χ1) is 7.76. The quantitative estimate of drug-likeness (QED) is 0.397. The maximum atomic E-state index is 11.3. The molecule has 0 aliphatic heterocycles. The number of aliphatic hydroxyl groups is 1. The van der Waals surface area contributed by atoms with Crippen molar-refractivity contribution in [2.45, 2.75) is 12.5 Å². The molecule has 0 rings (SSSR count). The highest BCUT2D eigenvalue weighted by atomic mass is 16.3. The first kappa shape index (κ1) is 15.8. The molecule has 17 heavy (non-hydrogen) atoms. The van der Waals surface area contributed by atoms with Crippen molar-refractivity contribution in [3.63, 3.8) is 0 Å². The van der Waals surface area contributed by atoms with Crippen LogP contribution in [0.2, 0.25) is 0 Å². The summed E-state index contributed by atoms with van der Waals surface area (Å²) in [5, 5.41) is 14.8. The van der Waals surface area contributed by atoms with Gasteiger partial charge in [-0.1, -0.05) is 0 Å². The maximum Gasteiger partial charge on any atom is 0.239 e. The molecular formula is C10H22N4O3. The summed E-state index contributed by atoms with van der Waals surface area (Å²) in [6, 6.07) is 0. The number of likely N-dealkylation sites (N-methyl/N-ethyl adjacent to an activating group) is 1. The Morgan fingerprint density at radius 2 is 1.88 bits per heavy atom. The van der Waals surface area contributed by atoms with E-state index in [0.717, 1.165) is 0 Å². The molecule has 1 unspecified atom stereocenters. The average Bonchev–Trinajstić information content (AvgIpc) is 2.21. The Morgan fingerprint density at radius 3 is 2.35 bits per heavy atom. The van der Waals surface area contributed by atoms with Crippen LogP contribution in [-0.4, -0.2) is 67.7 Å². The van der Waals surface area contributed by atoms with Crippen molar-refractivity contribution in [3.05, 3.63) is 0 Å². The molecule has 7 heteroatoms. The monoisotopic (exact) mass is 246 g/mol. The fraction of sp³-hybridized carbons (Fsp3) is 0.800. The topological polar surface area (TPSA) is 108 Å². The second-order valence-electron chi connectivity index (χ2n) is 4.49. The molecule has 5 N–H and O–H groups in total. The van der Waals surface area contributed by atoms with E-state index in [-0.39, 0.29) is 31.4 Å². The summed E-state index contributed by atoms with van der Waals surface area (Å²) < 4.78 is 0. The molecule has 0 aromatic rings. The van der Waals surface area contributed by atoms with Crippen LogP contribution in [0.25, 0.3) is 0 Å². The third-order valence-corrected chi connectivity index (χ3v) is 1.95. The fourth-order valence-electron chi connectivity index (χ4n) is 1.34. The van der Waals surface area contributed by atoms with Gasteiger partial charge in [0.05, 0.1) is 18.7 Å². The van der Waals surface area contributed by atoms with Crippen molar-refractivity contribution in [1.29, 1.82) is 0 Å². The minimum Gasteiger partial charge on any atom is -0.387 e. The number of carbonyl (C=O) groups is 2. The summed E-state index contributed by atoms with van der Waals surface area (Å²) >= 11 is 0. The smallest absolute Gasteiger partial charge is 0.239 e. The molecule has 0 aromatic heterocycles. The van der Waals surface area contributed by atoms with Gasteiger partial charge in [0.25, 0.3) is 0 Å². The van der Waals surface area contributed by atoms with Crippen molar-refractivity contribution < 1.29 is 14.7 Å². The number of hydrogen-bond donors (Lipinski definition) is 4. The number of rotatable bonds is 7. The van der Waals surface area contributed by atoms with E-state index in [2.05, 4.69) is 10.6 Å². The van der Waals surface area contributed by atoms with Gasteiger partial charge in [0.1, 0.15) is 0 Å². The molecule has 0 fully saturated rings. The van der Waals surface area contributed by atoms with Gasteiger partial charge in [-0.2, -0.15) is 0 Å². The molecular weight excluding hydrogens is 224 g/mol. The largest absolute Gasteiger partial charge is 0.387 e. The van der Waals surface area contributed by atoms with E-state index in [1.807, 2.05) is 19.0 Å². The Labute approximate surface area is 101 Å². The highest BCUT2D eigenvalue weighted by molar-refractivity contribution is 5.85. The van der Waals surface area contributed by atoms with Crippen LogP contribution in [0.15, 0.2) is 0 Å². The number of nitrogens with two attached hydrogens (primary N) is 1. The Morgan fingerprint density at radius 1 is 1.29 bits per heavy atom. The zero-order valence-electron chi connectivity index (χ0n) is 10.6. The van der Waals surface area contributed by atoms with Gasteiger partial charge < -0.3 is 26.4 Å². The van der Waals surface area contributed by atoms with E-state index >= 15 is 0 Å². The highest BCUT2D eigenvalue weighted by Gasteiger charge is 2.21. The number of amides is 2. The maximum absolute atomic E-state index is 11.3. The Balaban J connectivity index is 3.86. The number of nitrogens with one attached hydrogen (secondary N) is 2. The van der Waals surface area contributed by atoms with Gasteiger partial charge in [0, 0.05) is 13.1 Å². The summed E-state index contributed by atoms with van der Waals surface area (Å²) in [6.07, 6.45) is 0. The van der Waals surface area contributed by atoms with Crippen LogP contribution in [0, 0.1) is 0 Å². The second-order valence-corrected chi connectivity index (χ2v) is 4.49. The Kier molecular flexibility index (Phi) is 6.71. The van der Waals surface area contributed by atoms with E-state index in [0.29, 0.717) is 6.54 Å². The lowest BCUT2D eigenvalue weighted by molar-refractivity contribution is -0.126. The summed E-state index contributed by atoms with van der Waals surface area (Å²) in [5.74, 6) is -0.744. The molecule has 0 aliphatic carbocycles. The molecule has 100 valence electrons. The second kappa shape index (κ2) is 7.21. The standard InChI is InChI=1S/C10H22N4O3/c1-10(17,7-14(2)3)6-13-9(16)5-12-8(15)4-11/h17H,4-7,11H2,1-3H3,(H,12,15)(H,13,16). The molecule has 0 aromatic carbocycles. The van der Waals surface area contributed by atoms with Gasteiger partial charge in [-0.25, -0.2) is 0 Å². The lowest BCUT2D eigenvalue weighted by Gasteiger charge is -2.27. The predicted molar refractivity (Wildman–Crippen MR) is 64.3 cm³/mol. The first-order valence-electron chi connectivity index (χ1n) is 5.37. The van der Waals surface area contributed by atoms with Crippen LogP contribution in [0.4, 0.5) is 0 Å². The van der Waals surface area contributed by atoms with Gasteiger partial charge in [-0.15, -0.1) is 0 Å². The summed E-state index contributed by atoms with van der Waals surface area (Å²) in [5.41, 5.74) is 4.06. The van der Waals surface area contributed by atoms with Crippen molar-refractivity contribution in [2.24, 2.45) is 5.73 Å². The molecule has 0 saturated heterocycles. The van der Waals surface area contributed by atoms with E-state index in [9.17, 15) is 14.7 Å². The number of hydrogen-bond acceptors (Lipinski definition) is 5. The molecule has 1 atom stereocenters. The van der Waals surface area contributed by atoms with Crippen molar-refractivity contribution in [3.8, 4) is 0 Å². The zero-order chi connectivity index (χ0) is 13.5. The SMILES string of the molecule is CN(C)CC(C)(O)CNC(=O)CNC(=O)CN. The van der Waals surface area contributed by atoms with Gasteiger partial charge in [-0.3, -0.25) is 9.59 Å². The van der Waals surface area contributed by atoms with Crippen LogP contribution >= 0.6 is 0 Å². The minimum absolute atomic E-state index is 0.127. The van der Waals surface area contributed by atoms with Crippen LogP contribution in [0.3, 0.4) is 0 Å². The Bertz CT molecular complexity index is 266. The van der Waals surface area contributed by atoms with Crippen LogP contribution in [-0.2, 0) is 9.59 Å². The van der Waals surface area contributed by atoms with Crippen LogP contribution in [0.1, 0.15) is 6.92 Å². The normalized spacial score (nSPS) is 14.2. The highest BCUT2D eigenvalue weighted by Crippen LogP contribution is 2.01. The molecule has 0 heterocycles. The van der Waals surface area contributed by atoms with Gasteiger partial charge >= 0.3 is 0 Å². The lowest BCUT2D eigenvalue weighted by Crippen LogP contribution is -2.49. The van der Waals surface area contributed by atoms with E-state index in [1.54, 1.807) is 6.92 Å². The molecule has 0 bridgehead atoms. The lowest BCUT2D eigenvalue weighted by atomic mass is 10.1. The van der Waals surface area contributed by atoms with Crippen LogP contribution < -0.4 is 16.4 Å². The van der Waals surface area contributed by atoms with Gasteiger partial charge in [0.2, 0.25) is 11.8 Å². The fourth-order valence-corrected chi connectivity index (χ4v) is 1.34. The molecule has 2 amide bonds. The Hall–Kier alpha value is -1.18. The minimum atomic E-state index is -1.00. The van der Waals surface area contributed by atoms with Crippen molar-refractivity contribution in [1.82, 2.24) is 15.5 Å². The predicted octanol–water partition coefficient (Wildman–Crippen LogP) is -2.51. The van der Waals surface area contributed by atoms with E-state index < -0.39 is 5.60 Å². The summed E-state index contributed by atoms with van der Waals surface area (Å²) in [6.45, 7) is 1.91. The number of nitrogens with zero attached hydrogens (tertiary/aromatic N) is 1. The van der Waals surface area contributed by atoms with E-state index in [4.69, 9.17) is 5.73 Å². The van der Waals surface area contributed by atoms with Crippen LogP contribution in [0.5, 0.6) is 0 Å². The van der Waals surface area contributed by atoms with Gasteiger partial charge in [-0.05, 0) is 21.0 Å². The molecule has 7 nitrogen and oxygen atoms in total. The van der Waals surface area contributed by atoms with Crippen molar-refractivity contribution in [2.75, 3.05) is 40.3 Å². The van der Waals surface area contributed by atoms with E-state index in [1.165, 1.54) is 0 Å². The summed E-state index contributed by atoms with van der Waals surface area (Å²) in [4.78, 5) is 23.9. The third kappa shape index (κ3) is 8.61. The third-order valence-electron chi connectivity index (χ3n) is 1.95. The first-order valence-corrected chi connectivity index (χ1v) is 5.37. The zero-order valence-corrected chi connectivity index (χ0v) is 10.6. The average molecular weight is 246 g/mol. The summed E-state index contributed by atoms with van der Waals surface area (Å²) in [7, 11) is 3.66. The van der Waals surface area contributed by atoms with Gasteiger partial charge in [0.15, 0.2) is 0 Å².